The Labute approximate surface area is 75.2 Å². The van der Waals surface area contributed by atoms with E-state index in [2.05, 4.69) is 15.4 Å². The molecule has 0 bridgehead atoms. The largest absolute Gasteiger partial charge is 0.490 e. The summed E-state index contributed by atoms with van der Waals surface area (Å²) < 4.78 is 0. The number of hydrogen-bond donors (Lipinski definition) is 2. The van der Waals surface area contributed by atoms with Gasteiger partial charge in [0.05, 0.1) is 5.52 Å². The molecule has 2 N–H and O–H groups in total. The normalized spacial score (nSPS) is 8.92. The number of carbonyl (C=O) groups is 1. The van der Waals surface area contributed by atoms with Crippen molar-refractivity contribution in [1.82, 2.24) is 15.4 Å². The van der Waals surface area contributed by atoms with E-state index in [0.29, 0.717) is 0 Å². The Morgan fingerprint density at radius 2 is 2.08 bits per heavy atom. The molecule has 0 radical (unpaired) electrons. The molecule has 5 nitrogen and oxygen atoms in total. The zero-order chi connectivity index (χ0) is 9.68. The zero-order valence-electron chi connectivity index (χ0n) is 7.06. The molecule has 0 atom stereocenters. The van der Waals surface area contributed by atoms with Crippen LogP contribution < -0.4 is 0 Å². The predicted octanol–water partition coefficient (Wildman–Crippen LogP) is 0.255. The smallest absolute Gasteiger partial charge is 0.242 e. The van der Waals surface area contributed by atoms with E-state index in [-0.39, 0.29) is 0 Å². The summed E-state index contributed by atoms with van der Waals surface area (Å²) >= 11 is 0. The van der Waals surface area contributed by atoms with Crippen molar-refractivity contribution >= 4 is 24.7 Å². The summed E-state index contributed by atoms with van der Waals surface area (Å²) in [5, 5.41) is 17.6. The van der Waals surface area contributed by atoms with Crippen molar-refractivity contribution < 1.29 is 9.90 Å². The lowest BCUT2D eigenvalue weighted by Crippen LogP contribution is -1.83. The van der Waals surface area contributed by atoms with Crippen LogP contribution in [0, 0.1) is 0 Å². The number of fused-ring (bicyclic) bond motifs is 1. The molecule has 2 aromatic rings. The Kier molecular flexibility index (Phi) is 3.02. The summed E-state index contributed by atoms with van der Waals surface area (Å²) in [4.78, 5) is 9.00. The molecule has 66 valence electrons. The molecule has 1 heterocycles. The Morgan fingerprint density at radius 1 is 1.46 bits per heavy atom. The molecule has 0 aliphatic heterocycles. The van der Waals surface area contributed by atoms with Crippen molar-refractivity contribution in [1.29, 1.82) is 0 Å². The Balaban J connectivity index is 0.000000184. The predicted molar refractivity (Wildman–Crippen MR) is 50.5 cm³/mol. The lowest BCUT2D eigenvalue weighted by atomic mass is 10.2. The van der Waals surface area contributed by atoms with Gasteiger partial charge in [0.1, 0.15) is 5.52 Å². The molecule has 0 saturated heterocycles. The minimum Gasteiger partial charge on any atom is -0.490 e. The van der Waals surface area contributed by atoms with Crippen LogP contribution in [-0.2, 0) is 0 Å². The number of aromatic nitrogens is 3. The van der Waals surface area contributed by atoms with Gasteiger partial charge in [0, 0.05) is 0 Å². The third kappa shape index (κ3) is 2.94. The maximum atomic E-state index is 9.00. The molecular weight excluding hydrogens is 169 g/mol. The van der Waals surface area contributed by atoms with Crippen LogP contribution in [0.1, 0.15) is 0 Å². The Morgan fingerprint density at radius 3 is 2.69 bits per heavy atom. The maximum Gasteiger partial charge on any atom is 0.242 e. The van der Waals surface area contributed by atoms with E-state index in [0.717, 1.165) is 18.9 Å². The van der Waals surface area contributed by atoms with E-state index in [4.69, 9.17) is 9.90 Å². The van der Waals surface area contributed by atoms with E-state index in [1.165, 1.54) is 0 Å². The molecular formula is C7H8BN3O2. The van der Waals surface area contributed by atoms with Crippen LogP contribution in [0.2, 0.25) is 0 Å². The Hall–Kier alpha value is -1.85. The SMILES string of the molecule is BC(=O)O.c1ccc2[nH]nnc2c1. The van der Waals surface area contributed by atoms with E-state index >= 15 is 0 Å². The van der Waals surface area contributed by atoms with Crippen LogP contribution in [0.5, 0.6) is 0 Å². The third-order valence-corrected chi connectivity index (χ3v) is 1.23. The highest BCUT2D eigenvalue weighted by molar-refractivity contribution is 6.54. The number of para-hydroxylation sites is 1. The van der Waals surface area contributed by atoms with Gasteiger partial charge >= 0.3 is 0 Å². The summed E-state index contributed by atoms with van der Waals surface area (Å²) in [5.74, 6) is -0.833. The minimum atomic E-state index is -0.833. The topological polar surface area (TPSA) is 78.9 Å². The van der Waals surface area contributed by atoms with Gasteiger partial charge in [0.25, 0.3) is 0 Å². The van der Waals surface area contributed by atoms with Crippen LogP contribution in [0.3, 0.4) is 0 Å². The van der Waals surface area contributed by atoms with Gasteiger partial charge in [-0.15, -0.1) is 5.10 Å². The standard InChI is InChI=1S/C6H5N3.CH3BO2/c1-2-4-6-5(3-1)7-9-8-6;2-1(3)4/h1-4H,(H,7,8,9);2H2,(H,3,4). The van der Waals surface area contributed by atoms with E-state index in [1.54, 1.807) is 0 Å². The molecule has 6 heteroatoms. The molecule has 0 aliphatic carbocycles. The van der Waals surface area contributed by atoms with Gasteiger partial charge in [-0.1, -0.05) is 17.3 Å². The molecule has 13 heavy (non-hydrogen) atoms. The van der Waals surface area contributed by atoms with Crippen LogP contribution in [0.4, 0.5) is 4.79 Å². The van der Waals surface area contributed by atoms with Gasteiger partial charge in [0.15, 0.2) is 0 Å². The van der Waals surface area contributed by atoms with E-state index in [1.807, 2.05) is 24.3 Å². The molecule has 0 amide bonds. The van der Waals surface area contributed by atoms with Crippen LogP contribution in [0.15, 0.2) is 24.3 Å². The first kappa shape index (κ1) is 9.24. The number of nitrogens with one attached hydrogen (secondary N) is 1. The zero-order valence-corrected chi connectivity index (χ0v) is 7.06. The quantitative estimate of drug-likeness (QED) is 0.565. The fraction of sp³-hybridized carbons (Fsp3) is 0. The summed E-state index contributed by atoms with van der Waals surface area (Å²) in [7, 11) is 1.08. The fourth-order valence-electron chi connectivity index (χ4n) is 0.788. The average molecular weight is 177 g/mol. The van der Waals surface area contributed by atoms with Gasteiger partial charge in [-0.3, -0.25) is 9.89 Å². The summed E-state index contributed by atoms with van der Waals surface area (Å²) in [6, 6.07) is 7.74. The van der Waals surface area contributed by atoms with E-state index in [9.17, 15) is 0 Å². The second-order valence-corrected chi connectivity index (χ2v) is 2.35. The van der Waals surface area contributed by atoms with Gasteiger partial charge in [0.2, 0.25) is 13.7 Å². The highest BCUT2D eigenvalue weighted by Crippen LogP contribution is 2.03. The lowest BCUT2D eigenvalue weighted by Gasteiger charge is -1.79. The van der Waals surface area contributed by atoms with E-state index < -0.39 is 5.87 Å². The Bertz CT molecular complexity index is 367. The lowest BCUT2D eigenvalue weighted by molar-refractivity contribution is 0.220. The van der Waals surface area contributed by atoms with Gasteiger partial charge in [-0.2, -0.15) is 0 Å². The van der Waals surface area contributed by atoms with Crippen molar-refractivity contribution in [2.24, 2.45) is 0 Å². The number of nitrogens with zero attached hydrogens (tertiary/aromatic N) is 2. The number of aromatic amines is 1. The fourth-order valence-corrected chi connectivity index (χ4v) is 0.788. The minimum absolute atomic E-state index is 0.833. The van der Waals surface area contributed by atoms with Gasteiger partial charge < -0.3 is 5.11 Å². The van der Waals surface area contributed by atoms with Crippen LogP contribution in [0.25, 0.3) is 11.0 Å². The molecule has 2 rings (SSSR count). The number of H-pyrrole nitrogens is 1. The molecule has 0 spiro atoms. The number of carboxylic acid groups (broad SMARTS) is 1. The highest BCUT2D eigenvalue weighted by atomic mass is 16.4. The molecule has 0 aliphatic rings. The maximum absolute atomic E-state index is 9.00. The van der Waals surface area contributed by atoms with Gasteiger partial charge in [-0.05, 0) is 12.1 Å². The molecule has 1 aromatic carbocycles. The number of hydrogen-bond acceptors (Lipinski definition) is 3. The number of rotatable bonds is 0. The summed E-state index contributed by atoms with van der Waals surface area (Å²) in [6.45, 7) is 0. The molecule has 0 fully saturated rings. The average Bonchev–Trinajstić information content (AvgIpc) is 2.49. The molecule has 0 unspecified atom stereocenters. The summed E-state index contributed by atoms with van der Waals surface area (Å²) in [5.41, 5.74) is 1.90. The third-order valence-electron chi connectivity index (χ3n) is 1.23. The van der Waals surface area contributed by atoms with Crippen molar-refractivity contribution in [3.8, 4) is 0 Å². The van der Waals surface area contributed by atoms with Crippen LogP contribution >= 0.6 is 0 Å². The first-order chi connectivity index (χ1) is 6.20. The second-order valence-electron chi connectivity index (χ2n) is 2.35. The van der Waals surface area contributed by atoms with Crippen molar-refractivity contribution in [3.63, 3.8) is 0 Å². The van der Waals surface area contributed by atoms with Crippen molar-refractivity contribution in [2.45, 2.75) is 0 Å². The van der Waals surface area contributed by atoms with Crippen molar-refractivity contribution in [2.75, 3.05) is 0 Å². The van der Waals surface area contributed by atoms with Gasteiger partial charge in [-0.25, -0.2) is 0 Å². The van der Waals surface area contributed by atoms with Crippen molar-refractivity contribution in [3.05, 3.63) is 24.3 Å². The summed E-state index contributed by atoms with van der Waals surface area (Å²) in [6.07, 6.45) is 0. The molecule has 0 saturated carbocycles. The monoisotopic (exact) mass is 177 g/mol. The highest BCUT2D eigenvalue weighted by Gasteiger charge is 1.90. The second kappa shape index (κ2) is 4.25. The number of benzene rings is 1. The van der Waals surface area contributed by atoms with Crippen LogP contribution in [-0.4, -0.2) is 34.2 Å². The first-order valence-electron chi connectivity index (χ1n) is 3.65. The molecule has 1 aromatic heterocycles. The first-order valence-corrected chi connectivity index (χ1v) is 3.65.